The van der Waals surface area contributed by atoms with Crippen molar-refractivity contribution < 1.29 is 0 Å². The van der Waals surface area contributed by atoms with Crippen molar-refractivity contribution in [3.63, 3.8) is 0 Å². The molecule has 0 unspecified atom stereocenters. The van der Waals surface area contributed by atoms with Crippen molar-refractivity contribution in [3.05, 3.63) is 60.0 Å². The molecule has 2 heteroatoms. The third kappa shape index (κ3) is 2.19. The first kappa shape index (κ1) is 12.1. The fraction of sp³-hybridized carbons (Fsp3) is 0.294. The van der Waals surface area contributed by atoms with E-state index in [1.54, 1.807) is 0 Å². The lowest BCUT2D eigenvalue weighted by Gasteiger charge is -2.28. The zero-order valence-electron chi connectivity index (χ0n) is 11.7. The Morgan fingerprint density at radius 3 is 2.79 bits per heavy atom. The van der Waals surface area contributed by atoms with Crippen molar-refractivity contribution in [1.82, 2.24) is 4.90 Å². The molecule has 0 atom stereocenters. The molecule has 19 heavy (non-hydrogen) atoms. The van der Waals surface area contributed by atoms with E-state index in [-0.39, 0.29) is 0 Å². The number of nitrogens with zero attached hydrogens (tertiary/aromatic N) is 2. The second kappa shape index (κ2) is 4.61. The summed E-state index contributed by atoms with van der Waals surface area (Å²) in [6.07, 6.45) is 8.81. The van der Waals surface area contributed by atoms with Gasteiger partial charge >= 0.3 is 0 Å². The van der Waals surface area contributed by atoms with Gasteiger partial charge in [-0.2, -0.15) is 0 Å². The highest BCUT2D eigenvalue weighted by atomic mass is 15.1. The minimum absolute atomic E-state index is 1.03. The van der Waals surface area contributed by atoms with Gasteiger partial charge in [0, 0.05) is 38.2 Å². The van der Waals surface area contributed by atoms with E-state index in [0.29, 0.717) is 0 Å². The van der Waals surface area contributed by atoms with Crippen molar-refractivity contribution in [2.75, 3.05) is 25.5 Å². The molecule has 0 saturated carbocycles. The summed E-state index contributed by atoms with van der Waals surface area (Å²) < 4.78 is 0. The molecule has 3 rings (SSSR count). The molecular formula is C17H20N2. The summed E-state index contributed by atoms with van der Waals surface area (Å²) in [7, 11) is 4.22. The van der Waals surface area contributed by atoms with E-state index in [4.69, 9.17) is 0 Å². The molecule has 0 amide bonds. The van der Waals surface area contributed by atoms with E-state index < -0.39 is 0 Å². The number of likely N-dealkylation sites (N-methyl/N-ethyl adjacent to an activating group) is 1. The topological polar surface area (TPSA) is 6.48 Å². The van der Waals surface area contributed by atoms with E-state index >= 15 is 0 Å². The maximum Gasteiger partial charge on any atom is 0.0396 e. The third-order valence-electron chi connectivity index (χ3n) is 4.00. The largest absolute Gasteiger partial charge is 0.374 e. The zero-order chi connectivity index (χ0) is 13.4. The molecule has 2 heterocycles. The van der Waals surface area contributed by atoms with E-state index in [2.05, 4.69) is 60.0 Å². The summed E-state index contributed by atoms with van der Waals surface area (Å²) in [5.41, 5.74) is 6.43. The van der Waals surface area contributed by atoms with Crippen LogP contribution in [0.15, 0.2) is 48.8 Å². The minimum Gasteiger partial charge on any atom is -0.374 e. The summed E-state index contributed by atoms with van der Waals surface area (Å²) in [6, 6.07) is 6.81. The lowest BCUT2D eigenvalue weighted by atomic mass is 9.96. The van der Waals surface area contributed by atoms with E-state index in [1.165, 1.54) is 35.2 Å². The molecule has 0 aromatic heterocycles. The molecule has 0 fully saturated rings. The van der Waals surface area contributed by atoms with Crippen molar-refractivity contribution in [1.29, 1.82) is 0 Å². The molecule has 0 N–H and O–H groups in total. The molecule has 0 saturated heterocycles. The predicted octanol–water partition coefficient (Wildman–Crippen LogP) is 3.43. The quantitative estimate of drug-likeness (QED) is 0.755. The summed E-state index contributed by atoms with van der Waals surface area (Å²) >= 11 is 0. The van der Waals surface area contributed by atoms with Gasteiger partial charge in [-0.3, -0.25) is 0 Å². The first-order chi connectivity index (χ1) is 9.15. The molecule has 0 spiro atoms. The Hall–Kier alpha value is -1.96. The van der Waals surface area contributed by atoms with Gasteiger partial charge in [0.1, 0.15) is 0 Å². The van der Waals surface area contributed by atoms with Crippen LogP contribution >= 0.6 is 0 Å². The molecule has 2 nitrogen and oxygen atoms in total. The number of aryl methyl sites for hydroxylation is 1. The number of fused-ring (bicyclic) bond motifs is 1. The van der Waals surface area contributed by atoms with Gasteiger partial charge in [-0.15, -0.1) is 0 Å². The highest BCUT2D eigenvalue weighted by Gasteiger charge is 2.15. The van der Waals surface area contributed by atoms with Gasteiger partial charge in [-0.25, -0.2) is 0 Å². The van der Waals surface area contributed by atoms with Crippen LogP contribution in [0.1, 0.15) is 17.5 Å². The van der Waals surface area contributed by atoms with Crippen molar-refractivity contribution in [2.24, 2.45) is 0 Å². The summed E-state index contributed by atoms with van der Waals surface area (Å²) in [6.45, 7) is 5.16. The minimum atomic E-state index is 1.03. The Labute approximate surface area is 115 Å². The maximum atomic E-state index is 3.99. The van der Waals surface area contributed by atoms with Crippen LogP contribution < -0.4 is 4.90 Å². The lowest BCUT2D eigenvalue weighted by molar-refractivity contribution is 0.589. The van der Waals surface area contributed by atoms with Crippen LogP contribution in [0.25, 0.3) is 5.57 Å². The lowest BCUT2D eigenvalue weighted by Crippen LogP contribution is -2.24. The number of anilines is 1. The maximum absolute atomic E-state index is 3.99. The van der Waals surface area contributed by atoms with Gasteiger partial charge in [0.25, 0.3) is 0 Å². The van der Waals surface area contributed by atoms with E-state index in [0.717, 1.165) is 12.2 Å². The average Bonchev–Trinajstić information content (AvgIpc) is 2.42. The summed E-state index contributed by atoms with van der Waals surface area (Å²) in [5, 5.41) is 0. The molecule has 0 aliphatic carbocycles. The van der Waals surface area contributed by atoms with Gasteiger partial charge in [-0.1, -0.05) is 18.7 Å². The Morgan fingerprint density at radius 1 is 1.16 bits per heavy atom. The average molecular weight is 252 g/mol. The molecule has 98 valence electrons. The first-order valence-electron chi connectivity index (χ1n) is 6.81. The van der Waals surface area contributed by atoms with Crippen LogP contribution in [0.5, 0.6) is 0 Å². The molecule has 1 aromatic rings. The van der Waals surface area contributed by atoms with Gasteiger partial charge in [0.05, 0.1) is 0 Å². The second-order valence-corrected chi connectivity index (χ2v) is 5.39. The Bertz CT molecular complexity index is 581. The van der Waals surface area contributed by atoms with Crippen molar-refractivity contribution in [2.45, 2.75) is 12.8 Å². The number of allylic oxidation sites excluding steroid dienone is 3. The van der Waals surface area contributed by atoms with Crippen LogP contribution in [0.3, 0.4) is 0 Å². The van der Waals surface area contributed by atoms with Gasteiger partial charge < -0.3 is 9.80 Å². The van der Waals surface area contributed by atoms with Gasteiger partial charge in [0.15, 0.2) is 0 Å². The SMILES string of the molecule is C=C1C=CC(c2ccc3c(c2)CCCN3C)=CN1C. The predicted molar refractivity (Wildman–Crippen MR) is 82.1 cm³/mol. The van der Waals surface area contributed by atoms with Crippen LogP contribution in [0, 0.1) is 0 Å². The Balaban J connectivity index is 1.97. The van der Waals surface area contributed by atoms with Crippen molar-refractivity contribution >= 4 is 11.3 Å². The van der Waals surface area contributed by atoms with Crippen LogP contribution in [-0.2, 0) is 6.42 Å². The number of hydrogen-bond donors (Lipinski definition) is 0. The fourth-order valence-electron chi connectivity index (χ4n) is 2.77. The van der Waals surface area contributed by atoms with Crippen LogP contribution in [-0.4, -0.2) is 25.5 Å². The fourth-order valence-corrected chi connectivity index (χ4v) is 2.77. The highest BCUT2D eigenvalue weighted by Crippen LogP contribution is 2.30. The van der Waals surface area contributed by atoms with E-state index in [1.807, 2.05) is 7.05 Å². The smallest absolute Gasteiger partial charge is 0.0396 e. The van der Waals surface area contributed by atoms with Crippen LogP contribution in [0.2, 0.25) is 0 Å². The summed E-state index contributed by atoms with van der Waals surface area (Å²) in [4.78, 5) is 4.42. The number of benzene rings is 1. The molecule has 0 radical (unpaired) electrons. The van der Waals surface area contributed by atoms with Crippen LogP contribution in [0.4, 0.5) is 5.69 Å². The molecular weight excluding hydrogens is 232 g/mol. The standard InChI is InChI=1S/C17H20N2/c1-13-6-7-16(12-19(13)3)14-8-9-17-15(11-14)5-4-10-18(17)2/h6-9,11-12H,1,4-5,10H2,2-3H3. The Morgan fingerprint density at radius 2 is 2.00 bits per heavy atom. The molecule has 0 bridgehead atoms. The number of hydrogen-bond acceptors (Lipinski definition) is 2. The first-order valence-corrected chi connectivity index (χ1v) is 6.81. The second-order valence-electron chi connectivity index (χ2n) is 5.39. The van der Waals surface area contributed by atoms with Crippen molar-refractivity contribution in [3.8, 4) is 0 Å². The monoisotopic (exact) mass is 252 g/mol. The molecule has 2 aliphatic heterocycles. The van der Waals surface area contributed by atoms with Gasteiger partial charge in [-0.05, 0) is 47.8 Å². The normalized spacial score (nSPS) is 18.4. The summed E-state index contributed by atoms with van der Waals surface area (Å²) in [5.74, 6) is 0. The molecule has 2 aliphatic rings. The van der Waals surface area contributed by atoms with E-state index in [9.17, 15) is 0 Å². The third-order valence-corrected chi connectivity index (χ3v) is 4.00. The highest BCUT2D eigenvalue weighted by molar-refractivity contribution is 5.77. The number of rotatable bonds is 1. The molecule has 1 aromatic carbocycles. The van der Waals surface area contributed by atoms with Gasteiger partial charge in [0.2, 0.25) is 0 Å². The Kier molecular flexibility index (Phi) is 2.94. The zero-order valence-corrected chi connectivity index (χ0v) is 11.7.